The summed E-state index contributed by atoms with van der Waals surface area (Å²) in [5.74, 6) is 2.09. The van der Waals surface area contributed by atoms with E-state index in [1.54, 1.807) is 11.8 Å². The van der Waals surface area contributed by atoms with Crippen LogP contribution in [-0.4, -0.2) is 40.7 Å². The van der Waals surface area contributed by atoms with Gasteiger partial charge in [-0.1, -0.05) is 23.5 Å². The molecule has 3 heterocycles. The zero-order chi connectivity index (χ0) is 19.8. The molecular formula is C20H17N3O3S3. The lowest BCUT2D eigenvalue weighted by atomic mass is 10.2. The monoisotopic (exact) mass is 443 g/mol. The number of carbonyl (C=O) groups is 1. The normalized spacial score (nSPS) is 14.0. The molecule has 1 aliphatic rings. The van der Waals surface area contributed by atoms with Crippen molar-refractivity contribution in [1.29, 1.82) is 0 Å². The molecule has 4 aromatic rings. The van der Waals surface area contributed by atoms with Crippen LogP contribution in [0.2, 0.25) is 0 Å². The molecule has 0 bridgehead atoms. The fraction of sp³-hybridized carbons (Fsp3) is 0.250. The summed E-state index contributed by atoms with van der Waals surface area (Å²) in [6.45, 7) is 1.84. The number of benzene rings is 2. The topological polar surface area (TPSA) is 65.7 Å². The van der Waals surface area contributed by atoms with Gasteiger partial charge in [0.05, 0.1) is 20.4 Å². The van der Waals surface area contributed by atoms with Gasteiger partial charge in [0.15, 0.2) is 21.3 Å². The minimum absolute atomic E-state index is 0.312. The second-order valence-corrected chi connectivity index (χ2v) is 9.42. The molecule has 0 radical (unpaired) electrons. The molecule has 29 heavy (non-hydrogen) atoms. The molecule has 0 atom stereocenters. The van der Waals surface area contributed by atoms with Crippen LogP contribution in [0, 0.1) is 0 Å². The van der Waals surface area contributed by atoms with Crippen LogP contribution < -0.4 is 14.3 Å². The number of thiazole rings is 2. The molecule has 0 unspecified atom stereocenters. The first-order chi connectivity index (χ1) is 14.2. The molecule has 0 aliphatic carbocycles. The third-order valence-electron chi connectivity index (χ3n) is 4.54. The van der Waals surface area contributed by atoms with Gasteiger partial charge < -0.3 is 14.0 Å². The number of amides is 1. The van der Waals surface area contributed by atoms with E-state index < -0.39 is 0 Å². The van der Waals surface area contributed by atoms with Crippen molar-refractivity contribution in [2.24, 2.45) is 4.99 Å². The second-order valence-electron chi connectivity index (χ2n) is 6.40. The van der Waals surface area contributed by atoms with E-state index in [0.29, 0.717) is 23.0 Å². The van der Waals surface area contributed by atoms with Crippen molar-refractivity contribution in [1.82, 2.24) is 9.55 Å². The zero-order valence-electron chi connectivity index (χ0n) is 15.6. The smallest absolute Gasteiger partial charge is 0.308 e. The van der Waals surface area contributed by atoms with E-state index in [0.717, 1.165) is 44.2 Å². The Morgan fingerprint density at radius 1 is 1.17 bits per heavy atom. The maximum absolute atomic E-state index is 12.9. The molecule has 2 aromatic heterocycles. The molecule has 6 nitrogen and oxygen atoms in total. The average molecular weight is 444 g/mol. The van der Waals surface area contributed by atoms with Gasteiger partial charge in [-0.25, -0.2) is 4.98 Å². The SMILES string of the molecule is CSCCn1c(=NC(=O)c2nc3ccccc3s2)sc2cc3c(cc21)OCCO3. The van der Waals surface area contributed by atoms with Gasteiger partial charge in [0.25, 0.3) is 0 Å². The Morgan fingerprint density at radius 3 is 2.76 bits per heavy atom. The highest BCUT2D eigenvalue weighted by molar-refractivity contribution is 7.98. The van der Waals surface area contributed by atoms with E-state index in [1.165, 1.54) is 22.7 Å². The van der Waals surface area contributed by atoms with Gasteiger partial charge >= 0.3 is 5.91 Å². The fourth-order valence-corrected chi connectivity index (χ4v) is 5.47. The summed E-state index contributed by atoms with van der Waals surface area (Å²) < 4.78 is 15.5. The summed E-state index contributed by atoms with van der Waals surface area (Å²) in [4.78, 5) is 22.4. The quantitative estimate of drug-likeness (QED) is 0.473. The Labute approximate surface area is 178 Å². The predicted octanol–water partition coefficient (Wildman–Crippen LogP) is 4.19. The van der Waals surface area contributed by atoms with Crippen LogP contribution in [0.15, 0.2) is 41.4 Å². The Balaban J connectivity index is 1.62. The second kappa shape index (κ2) is 7.81. The number of rotatable bonds is 4. The molecule has 9 heteroatoms. The average Bonchev–Trinajstić information content (AvgIpc) is 3.31. The molecule has 1 amide bonds. The Bertz CT molecular complexity index is 1260. The highest BCUT2D eigenvalue weighted by atomic mass is 32.2. The molecule has 0 fully saturated rings. The lowest BCUT2D eigenvalue weighted by Crippen LogP contribution is -2.18. The first-order valence-corrected chi connectivity index (χ1v) is 12.1. The summed E-state index contributed by atoms with van der Waals surface area (Å²) in [5.41, 5.74) is 1.83. The number of nitrogens with zero attached hydrogens (tertiary/aromatic N) is 3. The molecule has 0 saturated heterocycles. The Hall–Kier alpha value is -2.36. The number of aromatic nitrogens is 2. The van der Waals surface area contributed by atoms with Gasteiger partial charge in [0.2, 0.25) is 0 Å². The summed E-state index contributed by atoms with van der Waals surface area (Å²) in [5, 5.41) is 0.408. The fourth-order valence-electron chi connectivity index (χ4n) is 3.19. The highest BCUT2D eigenvalue weighted by Gasteiger charge is 2.18. The van der Waals surface area contributed by atoms with Gasteiger partial charge in [-0.15, -0.1) is 11.3 Å². The third kappa shape index (κ3) is 3.54. The van der Waals surface area contributed by atoms with Gasteiger partial charge in [-0.2, -0.15) is 16.8 Å². The standard InChI is InChI=1S/C20H17N3O3S3/c1-27-9-6-23-13-10-14-15(26-8-7-25-14)11-17(13)29-20(23)22-18(24)19-21-12-4-2-3-5-16(12)28-19/h2-5,10-11H,6-9H2,1H3. The Kier molecular flexibility index (Phi) is 5.03. The molecule has 1 aliphatic heterocycles. The summed E-state index contributed by atoms with van der Waals surface area (Å²) in [6, 6.07) is 11.7. The van der Waals surface area contributed by atoms with E-state index >= 15 is 0 Å². The van der Waals surface area contributed by atoms with Crippen molar-refractivity contribution in [2.75, 3.05) is 25.2 Å². The highest BCUT2D eigenvalue weighted by Crippen LogP contribution is 2.35. The van der Waals surface area contributed by atoms with Crippen molar-refractivity contribution >= 4 is 60.8 Å². The first-order valence-electron chi connectivity index (χ1n) is 9.09. The summed E-state index contributed by atoms with van der Waals surface area (Å²) in [7, 11) is 0. The van der Waals surface area contributed by atoms with Crippen LogP contribution in [0.3, 0.4) is 0 Å². The van der Waals surface area contributed by atoms with Crippen LogP contribution >= 0.6 is 34.4 Å². The van der Waals surface area contributed by atoms with Crippen molar-refractivity contribution in [2.45, 2.75) is 6.54 Å². The number of ether oxygens (including phenoxy) is 2. The van der Waals surface area contributed by atoms with Crippen LogP contribution in [0.4, 0.5) is 0 Å². The number of aryl methyl sites for hydroxylation is 1. The molecule has 0 saturated carbocycles. The lowest BCUT2D eigenvalue weighted by Gasteiger charge is -2.18. The first kappa shape index (κ1) is 18.7. The van der Waals surface area contributed by atoms with Crippen LogP contribution in [0.5, 0.6) is 11.5 Å². The summed E-state index contributed by atoms with van der Waals surface area (Å²) in [6.07, 6.45) is 2.07. The molecular weight excluding hydrogens is 426 g/mol. The van der Waals surface area contributed by atoms with Gasteiger partial charge in [-0.05, 0) is 18.4 Å². The number of fused-ring (bicyclic) bond motifs is 3. The van der Waals surface area contributed by atoms with Crippen molar-refractivity contribution in [3.8, 4) is 11.5 Å². The van der Waals surface area contributed by atoms with Gasteiger partial charge in [0, 0.05) is 24.4 Å². The van der Waals surface area contributed by atoms with E-state index in [-0.39, 0.29) is 5.91 Å². The minimum atomic E-state index is -0.312. The van der Waals surface area contributed by atoms with Crippen molar-refractivity contribution in [3.63, 3.8) is 0 Å². The van der Waals surface area contributed by atoms with E-state index in [4.69, 9.17) is 9.47 Å². The van der Waals surface area contributed by atoms with Crippen LogP contribution in [0.1, 0.15) is 9.80 Å². The number of carbonyl (C=O) groups excluding carboxylic acids is 1. The van der Waals surface area contributed by atoms with E-state index in [1.807, 2.05) is 36.4 Å². The largest absolute Gasteiger partial charge is 0.486 e. The minimum Gasteiger partial charge on any atom is -0.486 e. The predicted molar refractivity (Wildman–Crippen MR) is 119 cm³/mol. The maximum atomic E-state index is 12.9. The number of thioether (sulfide) groups is 1. The molecule has 148 valence electrons. The van der Waals surface area contributed by atoms with Gasteiger partial charge in [-0.3, -0.25) is 4.79 Å². The maximum Gasteiger partial charge on any atom is 0.308 e. The molecule has 2 aromatic carbocycles. The van der Waals surface area contributed by atoms with Crippen molar-refractivity contribution in [3.05, 3.63) is 46.2 Å². The Morgan fingerprint density at radius 2 is 1.97 bits per heavy atom. The zero-order valence-corrected chi connectivity index (χ0v) is 18.0. The number of hydrogen-bond acceptors (Lipinski definition) is 7. The molecule has 0 spiro atoms. The van der Waals surface area contributed by atoms with E-state index in [2.05, 4.69) is 20.8 Å². The third-order valence-corrected chi connectivity index (χ3v) is 7.20. The van der Waals surface area contributed by atoms with Gasteiger partial charge in [0.1, 0.15) is 13.2 Å². The van der Waals surface area contributed by atoms with Crippen LogP contribution in [-0.2, 0) is 6.54 Å². The van der Waals surface area contributed by atoms with Crippen LogP contribution in [0.25, 0.3) is 20.4 Å². The van der Waals surface area contributed by atoms with Crippen molar-refractivity contribution < 1.29 is 14.3 Å². The lowest BCUT2D eigenvalue weighted by molar-refractivity contribution is 0.0997. The number of hydrogen-bond donors (Lipinski definition) is 0. The molecule has 5 rings (SSSR count). The van der Waals surface area contributed by atoms with E-state index in [9.17, 15) is 4.79 Å². The number of para-hydroxylation sites is 1. The summed E-state index contributed by atoms with van der Waals surface area (Å²) >= 11 is 4.61. The molecule has 0 N–H and O–H groups in total.